The highest BCUT2D eigenvalue weighted by Gasteiger charge is 2.31. The molecule has 90 valence electrons. The lowest BCUT2D eigenvalue weighted by molar-refractivity contribution is 0.145. The van der Waals surface area contributed by atoms with Crippen molar-refractivity contribution in [1.29, 1.82) is 0 Å². The Morgan fingerprint density at radius 2 is 2.12 bits per heavy atom. The van der Waals surface area contributed by atoms with Crippen LogP contribution in [-0.2, 0) is 18.5 Å². The van der Waals surface area contributed by atoms with Gasteiger partial charge in [-0.3, -0.25) is 9.58 Å². The lowest BCUT2D eigenvalue weighted by atomic mass is 10.0. The molecule has 0 atom stereocenters. The van der Waals surface area contributed by atoms with E-state index in [1.54, 1.807) is 0 Å². The predicted octanol–water partition coefficient (Wildman–Crippen LogP) is 2.26. The Kier molecular flexibility index (Phi) is 2.82. The van der Waals surface area contributed by atoms with Crippen molar-refractivity contribution in [1.82, 2.24) is 14.7 Å². The summed E-state index contributed by atoms with van der Waals surface area (Å²) in [6, 6.07) is 2.28. The number of fused-ring (bicyclic) bond motifs is 1. The first-order valence-corrected chi connectivity index (χ1v) is 6.15. The molecule has 2 heterocycles. The SMILES string of the molecule is CC(C)Cc1cc2n(n1)C(C)(C)CN(C)C2. The number of hydrogen-bond donors (Lipinski definition) is 0. The monoisotopic (exact) mass is 221 g/mol. The number of aromatic nitrogens is 2. The average Bonchev–Trinajstić information content (AvgIpc) is 2.44. The van der Waals surface area contributed by atoms with E-state index in [0.29, 0.717) is 5.92 Å². The maximum atomic E-state index is 4.77. The molecule has 0 radical (unpaired) electrons. The van der Waals surface area contributed by atoms with Gasteiger partial charge in [0.25, 0.3) is 0 Å². The third-order valence-electron chi connectivity index (χ3n) is 3.11. The normalized spacial score (nSPS) is 20.1. The lowest BCUT2D eigenvalue weighted by Gasteiger charge is -2.37. The third-order valence-corrected chi connectivity index (χ3v) is 3.11. The molecule has 16 heavy (non-hydrogen) atoms. The van der Waals surface area contributed by atoms with Gasteiger partial charge < -0.3 is 0 Å². The zero-order valence-corrected chi connectivity index (χ0v) is 11.1. The van der Waals surface area contributed by atoms with E-state index in [2.05, 4.69) is 50.4 Å². The summed E-state index contributed by atoms with van der Waals surface area (Å²) in [7, 11) is 2.18. The number of hydrogen-bond acceptors (Lipinski definition) is 2. The van der Waals surface area contributed by atoms with Crippen LogP contribution >= 0.6 is 0 Å². The van der Waals surface area contributed by atoms with E-state index >= 15 is 0 Å². The van der Waals surface area contributed by atoms with E-state index < -0.39 is 0 Å². The quantitative estimate of drug-likeness (QED) is 0.764. The molecular formula is C13H23N3. The Bertz CT molecular complexity index is 377. The summed E-state index contributed by atoms with van der Waals surface area (Å²) in [6.07, 6.45) is 1.08. The average molecular weight is 221 g/mol. The molecule has 0 saturated heterocycles. The van der Waals surface area contributed by atoms with Gasteiger partial charge in [-0.25, -0.2) is 0 Å². The number of rotatable bonds is 2. The predicted molar refractivity (Wildman–Crippen MR) is 66.4 cm³/mol. The van der Waals surface area contributed by atoms with Crippen LogP contribution in [0, 0.1) is 5.92 Å². The van der Waals surface area contributed by atoms with Crippen molar-refractivity contribution in [2.75, 3.05) is 13.6 Å². The summed E-state index contributed by atoms with van der Waals surface area (Å²) in [5, 5.41) is 4.77. The Morgan fingerprint density at radius 1 is 1.44 bits per heavy atom. The molecule has 3 nitrogen and oxygen atoms in total. The molecule has 0 N–H and O–H groups in total. The Balaban J connectivity index is 2.32. The van der Waals surface area contributed by atoms with Crippen LogP contribution in [0.15, 0.2) is 6.07 Å². The van der Waals surface area contributed by atoms with Crippen molar-refractivity contribution in [3.63, 3.8) is 0 Å². The van der Waals surface area contributed by atoms with Gasteiger partial charge in [0.05, 0.1) is 16.9 Å². The molecule has 2 rings (SSSR count). The topological polar surface area (TPSA) is 21.1 Å². The second kappa shape index (κ2) is 3.88. The molecule has 0 saturated carbocycles. The fourth-order valence-electron chi connectivity index (χ4n) is 2.69. The molecule has 1 aromatic heterocycles. The summed E-state index contributed by atoms with van der Waals surface area (Å²) in [5.41, 5.74) is 2.72. The van der Waals surface area contributed by atoms with Crippen LogP contribution < -0.4 is 0 Å². The van der Waals surface area contributed by atoms with Crippen molar-refractivity contribution >= 4 is 0 Å². The Morgan fingerprint density at radius 3 is 2.75 bits per heavy atom. The number of likely N-dealkylation sites (N-methyl/N-ethyl adjacent to an activating group) is 1. The van der Waals surface area contributed by atoms with Crippen LogP contribution in [0.5, 0.6) is 0 Å². The van der Waals surface area contributed by atoms with Crippen LogP contribution in [0.25, 0.3) is 0 Å². The first-order chi connectivity index (χ1) is 7.38. The van der Waals surface area contributed by atoms with Crippen LogP contribution in [0.2, 0.25) is 0 Å². The summed E-state index contributed by atoms with van der Waals surface area (Å²) in [5.74, 6) is 0.679. The van der Waals surface area contributed by atoms with Crippen molar-refractivity contribution in [3.8, 4) is 0 Å². The zero-order valence-electron chi connectivity index (χ0n) is 11.1. The van der Waals surface area contributed by atoms with Crippen molar-refractivity contribution in [2.24, 2.45) is 5.92 Å². The molecule has 1 aliphatic heterocycles. The Hall–Kier alpha value is -0.830. The van der Waals surface area contributed by atoms with Crippen molar-refractivity contribution < 1.29 is 0 Å². The molecule has 0 spiro atoms. The van der Waals surface area contributed by atoms with Crippen LogP contribution in [-0.4, -0.2) is 28.3 Å². The number of nitrogens with zero attached hydrogens (tertiary/aromatic N) is 3. The standard InChI is InChI=1S/C13H23N3/c1-10(2)6-11-7-12-8-15(5)9-13(3,4)16(12)14-11/h7,10H,6,8-9H2,1-5H3. The molecule has 0 aromatic carbocycles. The Labute approximate surface area is 98.4 Å². The van der Waals surface area contributed by atoms with E-state index in [0.717, 1.165) is 19.5 Å². The van der Waals surface area contributed by atoms with E-state index in [-0.39, 0.29) is 5.54 Å². The van der Waals surface area contributed by atoms with Gasteiger partial charge in [-0.2, -0.15) is 5.10 Å². The first kappa shape index (κ1) is 11.6. The van der Waals surface area contributed by atoms with Gasteiger partial charge in [0.2, 0.25) is 0 Å². The molecular weight excluding hydrogens is 198 g/mol. The van der Waals surface area contributed by atoms with Crippen molar-refractivity contribution in [2.45, 2.75) is 46.2 Å². The first-order valence-electron chi connectivity index (χ1n) is 6.15. The minimum Gasteiger partial charge on any atom is -0.298 e. The van der Waals surface area contributed by atoms with Gasteiger partial charge >= 0.3 is 0 Å². The van der Waals surface area contributed by atoms with E-state index in [9.17, 15) is 0 Å². The fraction of sp³-hybridized carbons (Fsp3) is 0.769. The van der Waals surface area contributed by atoms with Gasteiger partial charge in [-0.05, 0) is 39.3 Å². The van der Waals surface area contributed by atoms with Gasteiger partial charge in [-0.15, -0.1) is 0 Å². The van der Waals surface area contributed by atoms with E-state index in [4.69, 9.17) is 5.10 Å². The molecule has 3 heteroatoms. The fourth-order valence-corrected chi connectivity index (χ4v) is 2.69. The second-order valence-electron chi connectivity index (χ2n) is 6.12. The van der Waals surface area contributed by atoms with Gasteiger partial charge in [0.1, 0.15) is 0 Å². The highest BCUT2D eigenvalue weighted by atomic mass is 15.4. The summed E-state index contributed by atoms with van der Waals surface area (Å²) < 4.78 is 2.23. The minimum absolute atomic E-state index is 0.123. The van der Waals surface area contributed by atoms with Crippen LogP contribution in [0.3, 0.4) is 0 Å². The highest BCUT2D eigenvalue weighted by molar-refractivity contribution is 5.15. The zero-order chi connectivity index (χ0) is 11.9. The van der Waals surface area contributed by atoms with Crippen molar-refractivity contribution in [3.05, 3.63) is 17.5 Å². The second-order valence-corrected chi connectivity index (χ2v) is 6.12. The third kappa shape index (κ3) is 2.14. The molecule has 1 aromatic rings. The van der Waals surface area contributed by atoms with Gasteiger partial charge in [0, 0.05) is 13.1 Å². The van der Waals surface area contributed by atoms with Crippen LogP contribution in [0.1, 0.15) is 39.1 Å². The summed E-state index contributed by atoms with van der Waals surface area (Å²) >= 11 is 0. The van der Waals surface area contributed by atoms with Crippen LogP contribution in [0.4, 0.5) is 0 Å². The highest BCUT2D eigenvalue weighted by Crippen LogP contribution is 2.26. The summed E-state index contributed by atoms with van der Waals surface area (Å²) in [6.45, 7) is 11.1. The molecule has 0 fully saturated rings. The molecule has 0 amide bonds. The van der Waals surface area contributed by atoms with E-state index in [1.807, 2.05) is 0 Å². The maximum Gasteiger partial charge on any atom is 0.0701 e. The molecule has 0 bridgehead atoms. The largest absolute Gasteiger partial charge is 0.298 e. The van der Waals surface area contributed by atoms with Gasteiger partial charge in [-0.1, -0.05) is 13.8 Å². The maximum absolute atomic E-state index is 4.77. The summed E-state index contributed by atoms with van der Waals surface area (Å²) in [4.78, 5) is 2.37. The molecule has 1 aliphatic rings. The lowest BCUT2D eigenvalue weighted by Crippen LogP contribution is -2.45. The molecule has 0 aliphatic carbocycles. The minimum atomic E-state index is 0.123. The van der Waals surface area contributed by atoms with E-state index in [1.165, 1.54) is 11.4 Å². The molecule has 0 unspecified atom stereocenters. The van der Waals surface area contributed by atoms with Gasteiger partial charge in [0.15, 0.2) is 0 Å². The smallest absolute Gasteiger partial charge is 0.0701 e.